The number of carbonyl (C=O) groups is 1. The van der Waals surface area contributed by atoms with Crippen LogP contribution in [-0.4, -0.2) is 15.7 Å². The van der Waals surface area contributed by atoms with Crippen molar-refractivity contribution < 1.29 is 9.18 Å². The maximum absolute atomic E-state index is 13.6. The number of nitrogens with zero attached hydrogens (tertiary/aromatic N) is 2. The molecule has 0 spiro atoms. The Kier molecular flexibility index (Phi) is 4.20. The van der Waals surface area contributed by atoms with Crippen LogP contribution in [0.3, 0.4) is 0 Å². The molecule has 24 heavy (non-hydrogen) atoms. The highest BCUT2D eigenvalue weighted by Gasteiger charge is 2.46. The molecule has 0 bridgehead atoms. The van der Waals surface area contributed by atoms with E-state index in [-0.39, 0.29) is 17.8 Å². The number of nitrogens with one attached hydrogen (secondary N) is 1. The first kappa shape index (κ1) is 16.7. The summed E-state index contributed by atoms with van der Waals surface area (Å²) in [4.78, 5) is 13.0. The van der Waals surface area contributed by atoms with Gasteiger partial charge in [-0.15, -0.1) is 0 Å². The fraction of sp³-hybridized carbons (Fsp3) is 0.474. The van der Waals surface area contributed by atoms with Crippen LogP contribution < -0.4 is 5.32 Å². The summed E-state index contributed by atoms with van der Waals surface area (Å²) in [5.41, 5.74) is 3.21. The van der Waals surface area contributed by atoms with Gasteiger partial charge in [0, 0.05) is 18.3 Å². The molecule has 4 nitrogen and oxygen atoms in total. The topological polar surface area (TPSA) is 46.9 Å². The quantitative estimate of drug-likeness (QED) is 0.933. The zero-order valence-electron chi connectivity index (χ0n) is 14.7. The minimum absolute atomic E-state index is 0.0190. The molecule has 1 aliphatic rings. The third-order valence-electron chi connectivity index (χ3n) is 5.36. The van der Waals surface area contributed by atoms with Crippen LogP contribution in [0.5, 0.6) is 0 Å². The first-order valence-corrected chi connectivity index (χ1v) is 8.42. The van der Waals surface area contributed by atoms with Crippen LogP contribution >= 0.6 is 0 Å². The van der Waals surface area contributed by atoms with E-state index in [1.54, 1.807) is 6.07 Å². The smallest absolute Gasteiger partial charge is 0.231 e. The number of hydrogen-bond acceptors (Lipinski definition) is 2. The summed E-state index contributed by atoms with van der Waals surface area (Å²) in [6.45, 7) is 5.94. The molecule has 1 fully saturated rings. The molecule has 1 aliphatic carbocycles. The molecular formula is C19H24FN3O. The normalized spacial score (nSPS) is 17.2. The van der Waals surface area contributed by atoms with Gasteiger partial charge in [0.15, 0.2) is 0 Å². The van der Waals surface area contributed by atoms with E-state index in [0.717, 1.165) is 41.8 Å². The molecule has 3 rings (SSSR count). The Morgan fingerprint density at radius 1 is 1.38 bits per heavy atom. The van der Waals surface area contributed by atoms with Gasteiger partial charge in [-0.25, -0.2) is 4.39 Å². The molecule has 1 saturated carbocycles. The average molecular weight is 329 g/mol. The molecule has 1 atom stereocenters. The summed E-state index contributed by atoms with van der Waals surface area (Å²) in [6.07, 6.45) is 2.52. The van der Waals surface area contributed by atoms with Crippen LogP contribution in [0.2, 0.25) is 0 Å². The van der Waals surface area contributed by atoms with Crippen LogP contribution in [0, 0.1) is 19.7 Å². The van der Waals surface area contributed by atoms with Gasteiger partial charge in [0.1, 0.15) is 5.82 Å². The van der Waals surface area contributed by atoms with E-state index in [4.69, 9.17) is 0 Å². The number of carbonyl (C=O) groups excluding carboxylic acids is 1. The Bertz CT molecular complexity index is 777. The molecule has 1 aromatic heterocycles. The van der Waals surface area contributed by atoms with E-state index in [0.29, 0.717) is 0 Å². The number of hydrogen-bond donors (Lipinski definition) is 1. The van der Waals surface area contributed by atoms with E-state index in [1.807, 2.05) is 38.6 Å². The van der Waals surface area contributed by atoms with Crippen molar-refractivity contribution in [1.29, 1.82) is 0 Å². The summed E-state index contributed by atoms with van der Waals surface area (Å²) in [5.74, 6) is -0.312. The molecule has 0 saturated heterocycles. The lowest BCUT2D eigenvalue weighted by Crippen LogP contribution is -2.49. The number of halogens is 1. The maximum Gasteiger partial charge on any atom is 0.231 e. The predicted octanol–water partition coefficient (Wildman–Crippen LogP) is 3.48. The lowest BCUT2D eigenvalue weighted by molar-refractivity contribution is -0.130. The highest BCUT2D eigenvalue weighted by atomic mass is 19.1. The minimum atomic E-state index is -0.597. The van der Waals surface area contributed by atoms with Gasteiger partial charge >= 0.3 is 0 Å². The van der Waals surface area contributed by atoms with Gasteiger partial charge in [-0.05, 0) is 51.3 Å². The first-order valence-electron chi connectivity index (χ1n) is 8.42. The Balaban J connectivity index is 1.85. The number of rotatable bonds is 4. The highest BCUT2D eigenvalue weighted by molar-refractivity contribution is 5.89. The number of benzene rings is 1. The second-order valence-corrected chi connectivity index (χ2v) is 6.85. The Hall–Kier alpha value is -2.17. The van der Waals surface area contributed by atoms with Crippen molar-refractivity contribution in [3.05, 3.63) is 52.6 Å². The predicted molar refractivity (Wildman–Crippen MR) is 91.2 cm³/mol. The van der Waals surface area contributed by atoms with E-state index >= 15 is 0 Å². The van der Waals surface area contributed by atoms with E-state index in [2.05, 4.69) is 10.4 Å². The van der Waals surface area contributed by atoms with E-state index in [1.165, 1.54) is 12.1 Å². The lowest BCUT2D eigenvalue weighted by atomic mass is 9.63. The summed E-state index contributed by atoms with van der Waals surface area (Å²) < 4.78 is 15.4. The fourth-order valence-corrected chi connectivity index (χ4v) is 3.79. The number of aryl methyl sites for hydroxylation is 2. The molecule has 1 aromatic carbocycles. The van der Waals surface area contributed by atoms with Gasteiger partial charge < -0.3 is 5.32 Å². The molecule has 0 unspecified atom stereocenters. The fourth-order valence-electron chi connectivity index (χ4n) is 3.79. The first-order chi connectivity index (χ1) is 11.3. The summed E-state index contributed by atoms with van der Waals surface area (Å²) >= 11 is 0. The van der Waals surface area contributed by atoms with Gasteiger partial charge in [-0.3, -0.25) is 9.48 Å². The summed E-state index contributed by atoms with van der Waals surface area (Å²) in [7, 11) is 1.90. The van der Waals surface area contributed by atoms with Crippen molar-refractivity contribution in [3.8, 4) is 0 Å². The van der Waals surface area contributed by atoms with Crippen molar-refractivity contribution in [3.63, 3.8) is 0 Å². The molecule has 0 radical (unpaired) electrons. The van der Waals surface area contributed by atoms with E-state index < -0.39 is 5.41 Å². The summed E-state index contributed by atoms with van der Waals surface area (Å²) in [6, 6.07) is 6.31. The number of aromatic nitrogens is 2. The zero-order valence-corrected chi connectivity index (χ0v) is 14.7. The van der Waals surface area contributed by atoms with Crippen molar-refractivity contribution >= 4 is 5.91 Å². The van der Waals surface area contributed by atoms with E-state index in [9.17, 15) is 9.18 Å². The molecule has 5 heteroatoms. The summed E-state index contributed by atoms with van der Waals surface area (Å²) in [5, 5.41) is 7.56. The number of amides is 1. The SMILES string of the molecule is Cc1nn(C)c(C)c1[C@@H](C)NC(=O)C1(c2cccc(F)c2)CCC1. The van der Waals surface area contributed by atoms with Crippen molar-refractivity contribution in [2.75, 3.05) is 0 Å². The molecule has 0 aliphatic heterocycles. The van der Waals surface area contributed by atoms with Gasteiger partial charge in [0.2, 0.25) is 5.91 Å². The van der Waals surface area contributed by atoms with Gasteiger partial charge in [-0.1, -0.05) is 18.6 Å². The van der Waals surface area contributed by atoms with Crippen LogP contribution in [-0.2, 0) is 17.3 Å². The standard InChI is InChI=1S/C19H24FN3O/c1-12(17-13(2)22-23(4)14(17)3)21-18(24)19(9-6-10-19)15-7-5-8-16(20)11-15/h5,7-8,11-12H,6,9-10H2,1-4H3,(H,21,24)/t12-/m1/s1. The molecular weight excluding hydrogens is 305 g/mol. The Labute approximate surface area is 142 Å². The van der Waals surface area contributed by atoms with Crippen molar-refractivity contribution in [2.24, 2.45) is 7.05 Å². The van der Waals surface area contributed by atoms with Crippen molar-refractivity contribution in [2.45, 2.75) is 51.5 Å². The monoisotopic (exact) mass is 329 g/mol. The molecule has 1 amide bonds. The Morgan fingerprint density at radius 2 is 2.08 bits per heavy atom. The molecule has 1 heterocycles. The van der Waals surface area contributed by atoms with Crippen LogP contribution in [0.4, 0.5) is 4.39 Å². The molecule has 1 N–H and O–H groups in total. The van der Waals surface area contributed by atoms with Crippen LogP contribution in [0.1, 0.15) is 54.7 Å². The minimum Gasteiger partial charge on any atom is -0.349 e. The Morgan fingerprint density at radius 3 is 2.58 bits per heavy atom. The second-order valence-electron chi connectivity index (χ2n) is 6.85. The highest BCUT2D eigenvalue weighted by Crippen LogP contribution is 2.44. The van der Waals surface area contributed by atoms with Crippen molar-refractivity contribution in [1.82, 2.24) is 15.1 Å². The molecule has 128 valence electrons. The van der Waals surface area contributed by atoms with Gasteiger partial charge in [0.25, 0.3) is 0 Å². The third-order valence-corrected chi connectivity index (χ3v) is 5.36. The maximum atomic E-state index is 13.6. The molecule has 2 aromatic rings. The van der Waals surface area contributed by atoms with Gasteiger partial charge in [0.05, 0.1) is 17.2 Å². The lowest BCUT2D eigenvalue weighted by Gasteiger charge is -2.41. The van der Waals surface area contributed by atoms with Crippen LogP contribution in [0.25, 0.3) is 0 Å². The zero-order chi connectivity index (χ0) is 17.5. The second kappa shape index (κ2) is 6.04. The van der Waals surface area contributed by atoms with Gasteiger partial charge in [-0.2, -0.15) is 5.10 Å². The largest absolute Gasteiger partial charge is 0.349 e. The third kappa shape index (κ3) is 2.62. The van der Waals surface area contributed by atoms with Crippen LogP contribution in [0.15, 0.2) is 24.3 Å². The average Bonchev–Trinajstić information content (AvgIpc) is 2.70.